The van der Waals surface area contributed by atoms with Gasteiger partial charge >= 0.3 is 5.97 Å². The van der Waals surface area contributed by atoms with Gasteiger partial charge in [0.1, 0.15) is 17.0 Å². The van der Waals surface area contributed by atoms with E-state index in [1.807, 2.05) is 0 Å². The maximum absolute atomic E-state index is 11.4. The summed E-state index contributed by atoms with van der Waals surface area (Å²) in [6.45, 7) is 0. The zero-order valence-electron chi connectivity index (χ0n) is 9.64. The van der Waals surface area contributed by atoms with Crippen LogP contribution in [0.25, 0.3) is 0 Å². The molecule has 0 heterocycles. The Hall–Kier alpha value is -2.31. The number of hydrogen-bond donors (Lipinski definition) is 1. The average molecular weight is 240 g/mol. The molecule has 92 valence electrons. The Labute approximate surface area is 97.5 Å². The minimum Gasteiger partial charge on any atom is -0.496 e. The van der Waals surface area contributed by atoms with Gasteiger partial charge in [-0.3, -0.25) is 10.1 Å². The summed E-state index contributed by atoms with van der Waals surface area (Å²) in [5, 5.41) is 13.4. The van der Waals surface area contributed by atoms with Crippen LogP contribution in [0.2, 0.25) is 0 Å². The summed E-state index contributed by atoms with van der Waals surface area (Å²) in [6.07, 6.45) is 0. The Balaban J connectivity index is 3.43. The molecule has 0 saturated carbocycles. The van der Waals surface area contributed by atoms with Crippen LogP contribution in [0.1, 0.15) is 10.4 Å². The summed E-state index contributed by atoms with van der Waals surface area (Å²) in [7, 11) is 4.07. The fraction of sp³-hybridized carbons (Fsp3) is 0.300. The van der Waals surface area contributed by atoms with E-state index in [0.29, 0.717) is 0 Å². The summed E-state index contributed by atoms with van der Waals surface area (Å²) in [6, 6.07) is 2.50. The Morgan fingerprint density at radius 3 is 2.47 bits per heavy atom. The van der Waals surface area contributed by atoms with Crippen LogP contribution >= 0.6 is 0 Å². The van der Waals surface area contributed by atoms with Crippen molar-refractivity contribution >= 4 is 17.3 Å². The largest absolute Gasteiger partial charge is 0.496 e. The molecule has 0 aliphatic rings. The number of esters is 1. The van der Waals surface area contributed by atoms with E-state index < -0.39 is 10.9 Å². The first-order valence-corrected chi connectivity index (χ1v) is 4.67. The number of nitrogens with zero attached hydrogens (tertiary/aromatic N) is 1. The van der Waals surface area contributed by atoms with Crippen LogP contribution in [0.3, 0.4) is 0 Å². The normalized spacial score (nSPS) is 9.59. The average Bonchev–Trinajstić information content (AvgIpc) is 2.35. The molecule has 0 aromatic heterocycles. The molecule has 0 spiro atoms. The Morgan fingerprint density at radius 1 is 1.41 bits per heavy atom. The van der Waals surface area contributed by atoms with E-state index >= 15 is 0 Å². The van der Waals surface area contributed by atoms with E-state index in [2.05, 4.69) is 10.1 Å². The molecular formula is C10H12N2O5. The van der Waals surface area contributed by atoms with Crippen LogP contribution in [-0.4, -0.2) is 32.2 Å². The van der Waals surface area contributed by atoms with Crippen molar-refractivity contribution in [1.82, 2.24) is 0 Å². The van der Waals surface area contributed by atoms with Gasteiger partial charge in [0.2, 0.25) is 0 Å². The summed E-state index contributed by atoms with van der Waals surface area (Å²) in [4.78, 5) is 21.7. The molecule has 0 fully saturated rings. The van der Waals surface area contributed by atoms with Crippen LogP contribution < -0.4 is 10.1 Å². The van der Waals surface area contributed by atoms with Gasteiger partial charge in [-0.25, -0.2) is 4.79 Å². The lowest BCUT2D eigenvalue weighted by Crippen LogP contribution is -2.07. The topological polar surface area (TPSA) is 90.7 Å². The number of hydrogen-bond acceptors (Lipinski definition) is 6. The van der Waals surface area contributed by atoms with Gasteiger partial charge in [-0.05, 0) is 6.07 Å². The third kappa shape index (κ3) is 2.44. The SMILES string of the molecule is CNc1cc(C(=O)OC)c(OC)cc1[N+](=O)[O-]. The highest BCUT2D eigenvalue weighted by atomic mass is 16.6. The van der Waals surface area contributed by atoms with Crippen molar-refractivity contribution in [1.29, 1.82) is 0 Å². The number of benzene rings is 1. The minimum absolute atomic E-state index is 0.0996. The quantitative estimate of drug-likeness (QED) is 0.486. The summed E-state index contributed by atoms with van der Waals surface area (Å²) in [5.41, 5.74) is 0.179. The van der Waals surface area contributed by atoms with E-state index in [4.69, 9.17) is 4.74 Å². The second-order valence-corrected chi connectivity index (χ2v) is 3.07. The van der Waals surface area contributed by atoms with Gasteiger partial charge in [-0.1, -0.05) is 0 Å². The van der Waals surface area contributed by atoms with Crippen molar-refractivity contribution in [2.75, 3.05) is 26.6 Å². The van der Waals surface area contributed by atoms with Crippen LogP contribution in [0, 0.1) is 10.1 Å². The highest BCUT2D eigenvalue weighted by Gasteiger charge is 2.21. The van der Waals surface area contributed by atoms with Crippen molar-refractivity contribution < 1.29 is 19.2 Å². The Morgan fingerprint density at radius 2 is 2.06 bits per heavy atom. The van der Waals surface area contributed by atoms with E-state index in [-0.39, 0.29) is 22.7 Å². The van der Waals surface area contributed by atoms with Crippen molar-refractivity contribution in [3.63, 3.8) is 0 Å². The fourth-order valence-electron chi connectivity index (χ4n) is 1.36. The first kappa shape index (κ1) is 12.8. The van der Waals surface area contributed by atoms with Gasteiger partial charge in [0, 0.05) is 7.05 Å². The molecule has 1 aromatic rings. The van der Waals surface area contributed by atoms with Crippen LogP contribution in [0.15, 0.2) is 12.1 Å². The lowest BCUT2D eigenvalue weighted by atomic mass is 10.1. The Kier molecular flexibility index (Phi) is 3.86. The number of carbonyl (C=O) groups excluding carboxylic acids is 1. The van der Waals surface area contributed by atoms with E-state index in [1.165, 1.54) is 33.4 Å². The first-order chi connectivity index (χ1) is 8.04. The molecule has 1 rings (SSSR count). The van der Waals surface area contributed by atoms with Gasteiger partial charge in [-0.2, -0.15) is 0 Å². The van der Waals surface area contributed by atoms with Crippen LogP contribution in [0.4, 0.5) is 11.4 Å². The molecule has 0 bridgehead atoms. The monoisotopic (exact) mass is 240 g/mol. The molecule has 0 aliphatic carbocycles. The van der Waals surface area contributed by atoms with E-state index in [9.17, 15) is 14.9 Å². The number of rotatable bonds is 4. The van der Waals surface area contributed by atoms with Crippen molar-refractivity contribution in [3.8, 4) is 5.75 Å². The third-order valence-corrected chi connectivity index (χ3v) is 2.19. The molecule has 17 heavy (non-hydrogen) atoms. The molecule has 0 saturated heterocycles. The standard InChI is InChI=1S/C10H12N2O5/c1-11-7-4-6(10(13)17-3)9(16-2)5-8(7)12(14)15/h4-5,11H,1-3H3. The molecule has 0 aliphatic heterocycles. The fourth-order valence-corrected chi connectivity index (χ4v) is 1.36. The maximum Gasteiger partial charge on any atom is 0.341 e. The molecular weight excluding hydrogens is 228 g/mol. The van der Waals surface area contributed by atoms with Crippen molar-refractivity contribution in [3.05, 3.63) is 27.8 Å². The highest BCUT2D eigenvalue weighted by molar-refractivity contribution is 5.95. The number of anilines is 1. The first-order valence-electron chi connectivity index (χ1n) is 4.67. The van der Waals surface area contributed by atoms with Crippen molar-refractivity contribution in [2.24, 2.45) is 0 Å². The van der Waals surface area contributed by atoms with E-state index in [0.717, 1.165) is 0 Å². The predicted octanol–water partition coefficient (Wildman–Crippen LogP) is 1.43. The van der Waals surface area contributed by atoms with Crippen LogP contribution in [-0.2, 0) is 4.74 Å². The van der Waals surface area contributed by atoms with Crippen LogP contribution in [0.5, 0.6) is 5.75 Å². The lowest BCUT2D eigenvalue weighted by molar-refractivity contribution is -0.384. The molecule has 7 nitrogen and oxygen atoms in total. The number of carbonyl (C=O) groups is 1. The predicted molar refractivity (Wildman–Crippen MR) is 60.5 cm³/mol. The maximum atomic E-state index is 11.4. The molecule has 0 atom stereocenters. The molecule has 1 N–H and O–H groups in total. The lowest BCUT2D eigenvalue weighted by Gasteiger charge is -2.09. The summed E-state index contributed by atoms with van der Waals surface area (Å²) < 4.78 is 9.49. The number of methoxy groups -OCH3 is 2. The second kappa shape index (κ2) is 5.15. The van der Waals surface area contributed by atoms with Gasteiger partial charge in [0.15, 0.2) is 0 Å². The third-order valence-electron chi connectivity index (χ3n) is 2.19. The summed E-state index contributed by atoms with van der Waals surface area (Å²) in [5.74, 6) is -0.518. The molecule has 0 unspecified atom stereocenters. The van der Waals surface area contributed by atoms with Crippen molar-refractivity contribution in [2.45, 2.75) is 0 Å². The van der Waals surface area contributed by atoms with Gasteiger partial charge < -0.3 is 14.8 Å². The Bertz CT molecular complexity index is 458. The smallest absolute Gasteiger partial charge is 0.341 e. The highest BCUT2D eigenvalue weighted by Crippen LogP contribution is 2.32. The van der Waals surface area contributed by atoms with Gasteiger partial charge in [0.05, 0.1) is 25.2 Å². The van der Waals surface area contributed by atoms with E-state index in [1.54, 1.807) is 0 Å². The minimum atomic E-state index is -0.617. The second-order valence-electron chi connectivity index (χ2n) is 3.07. The number of ether oxygens (including phenoxy) is 2. The zero-order chi connectivity index (χ0) is 13.0. The summed E-state index contributed by atoms with van der Waals surface area (Å²) >= 11 is 0. The molecule has 0 amide bonds. The molecule has 0 radical (unpaired) electrons. The number of nitro benzene ring substituents is 1. The number of nitrogens with one attached hydrogen (secondary N) is 1. The van der Waals surface area contributed by atoms with Gasteiger partial charge in [0.25, 0.3) is 5.69 Å². The molecule has 7 heteroatoms. The zero-order valence-corrected chi connectivity index (χ0v) is 9.64. The van der Waals surface area contributed by atoms with Gasteiger partial charge in [-0.15, -0.1) is 0 Å². The molecule has 1 aromatic carbocycles. The number of nitro groups is 1.